The highest BCUT2D eigenvalue weighted by atomic mass is 35.5. The van der Waals surface area contributed by atoms with Crippen molar-refractivity contribution >= 4 is 46.7 Å². The lowest BCUT2D eigenvalue weighted by Gasteiger charge is -2.62. The molecule has 14 heteroatoms. The molecule has 3 aromatic rings. The van der Waals surface area contributed by atoms with Crippen LogP contribution in [0.15, 0.2) is 46.5 Å². The van der Waals surface area contributed by atoms with E-state index in [1.165, 1.54) is 33.4 Å². The minimum absolute atomic E-state index is 0.00527. The Labute approximate surface area is 344 Å². The second kappa shape index (κ2) is 12.6. The number of allylic oxidation sites excluding steroid dienone is 4. The highest BCUT2D eigenvalue weighted by molar-refractivity contribution is 6.39. The van der Waals surface area contributed by atoms with Crippen LogP contribution in [0.1, 0.15) is 103 Å². The van der Waals surface area contributed by atoms with E-state index in [0.717, 1.165) is 19.3 Å². The summed E-state index contributed by atoms with van der Waals surface area (Å²) in [5, 5.41) is 31.5. The van der Waals surface area contributed by atoms with Crippen molar-refractivity contribution in [2.24, 2.45) is 27.6 Å². The summed E-state index contributed by atoms with van der Waals surface area (Å²) >= 11 is 12.2. The number of phenols is 2. The van der Waals surface area contributed by atoms with Gasteiger partial charge in [0.05, 0.1) is 41.6 Å². The van der Waals surface area contributed by atoms with Crippen LogP contribution in [0.2, 0.25) is 10.0 Å². The number of carbonyl (C=O) groups is 4. The predicted molar refractivity (Wildman–Crippen MR) is 210 cm³/mol. The number of furan rings is 1. The monoisotopic (exact) mass is 834 g/mol. The van der Waals surface area contributed by atoms with E-state index in [1.54, 1.807) is 12.3 Å². The molecule has 1 spiro atoms. The molecule has 0 amide bonds. The molecule has 3 heterocycles. The molecule has 2 aromatic carbocycles. The first-order valence-electron chi connectivity index (χ1n) is 19.0. The van der Waals surface area contributed by atoms with Crippen LogP contribution in [0.4, 0.5) is 0 Å². The van der Waals surface area contributed by atoms with Gasteiger partial charge in [-0.05, 0) is 101 Å². The van der Waals surface area contributed by atoms with Crippen LogP contribution in [-0.2, 0) is 19.1 Å². The average Bonchev–Trinajstić information content (AvgIpc) is 3.60. The average molecular weight is 836 g/mol. The number of aliphatic hydroxyl groups is 1. The molecular weight excluding hydrogens is 791 g/mol. The minimum atomic E-state index is -0.901. The summed E-state index contributed by atoms with van der Waals surface area (Å²) < 4.78 is 27.8. The molecule has 6 aliphatic rings. The lowest BCUT2D eigenvalue weighted by atomic mass is 9.39. The number of epoxide rings is 1. The molecule has 3 N–H and O–H groups in total. The van der Waals surface area contributed by atoms with Gasteiger partial charge in [-0.3, -0.25) is 9.59 Å². The van der Waals surface area contributed by atoms with E-state index in [2.05, 4.69) is 13.8 Å². The van der Waals surface area contributed by atoms with Gasteiger partial charge in [-0.25, -0.2) is 9.59 Å². The van der Waals surface area contributed by atoms with Gasteiger partial charge in [0, 0.05) is 22.0 Å². The lowest BCUT2D eigenvalue weighted by Crippen LogP contribution is -2.66. The first kappa shape index (κ1) is 40.0. The van der Waals surface area contributed by atoms with Crippen LogP contribution in [0.25, 0.3) is 0 Å². The number of Topliss-reactive ketones (excluding diaryl/α,β-unsaturated/α-hetero) is 1. The highest BCUT2D eigenvalue weighted by Gasteiger charge is 2.87. The van der Waals surface area contributed by atoms with E-state index in [9.17, 15) is 34.5 Å². The number of fused-ring (bicyclic) bond motifs is 5. The molecule has 7 atom stereocenters. The fourth-order valence-corrected chi connectivity index (χ4v) is 12.1. The highest BCUT2D eigenvalue weighted by Crippen LogP contribution is 2.81. The van der Waals surface area contributed by atoms with Gasteiger partial charge in [-0.2, -0.15) is 0 Å². The number of esters is 2. The zero-order valence-corrected chi connectivity index (χ0v) is 35.0. The molecule has 58 heavy (non-hydrogen) atoms. The molecule has 2 saturated carbocycles. The van der Waals surface area contributed by atoms with Gasteiger partial charge in [0.2, 0.25) is 5.78 Å². The maximum atomic E-state index is 14.0. The number of benzene rings is 2. The van der Waals surface area contributed by atoms with Gasteiger partial charge < -0.3 is 38.7 Å². The number of ether oxygens (including phenoxy) is 4. The number of aromatic hydroxyl groups is 2. The Balaban J connectivity index is 0.000000164. The number of aliphatic hydroxyl groups excluding tert-OH is 1. The molecule has 0 radical (unpaired) electrons. The summed E-state index contributed by atoms with van der Waals surface area (Å²) in [6, 6.07) is 2.03. The van der Waals surface area contributed by atoms with Gasteiger partial charge in [0.1, 0.15) is 27.5 Å². The van der Waals surface area contributed by atoms with Crippen molar-refractivity contribution in [1.29, 1.82) is 0 Å². The summed E-state index contributed by atoms with van der Waals surface area (Å²) in [6.45, 7) is 14.5. The Bertz CT molecular complexity index is 2460. The van der Waals surface area contributed by atoms with E-state index in [1.807, 2.05) is 39.2 Å². The van der Waals surface area contributed by atoms with E-state index < -0.39 is 45.3 Å². The quantitative estimate of drug-likeness (QED) is 0.127. The maximum absolute atomic E-state index is 14.0. The van der Waals surface area contributed by atoms with Crippen LogP contribution in [0.5, 0.6) is 28.7 Å². The zero-order chi connectivity index (χ0) is 42.4. The molecular formula is C44H44Cl2O12. The number of methoxy groups -OCH3 is 1. The normalized spacial score (nSPS) is 32.2. The SMILES string of the molecule is CC1(C)C(=O)C=CC2(C)C1=C(O)C(=O)C1(C)C2CCC2(C)C(c3ccoc3)CC3OC321.COC(=O)c1c(C)c2c(c(C)c1O)OC(=O)c1c(C)c(Cl)c(O)c(Cl)c1O2. The van der Waals surface area contributed by atoms with Crippen molar-refractivity contribution in [1.82, 2.24) is 0 Å². The van der Waals surface area contributed by atoms with Crippen LogP contribution < -0.4 is 9.47 Å². The van der Waals surface area contributed by atoms with Gasteiger partial charge >= 0.3 is 11.9 Å². The Morgan fingerprint density at radius 1 is 0.897 bits per heavy atom. The van der Waals surface area contributed by atoms with Gasteiger partial charge in [-0.15, -0.1) is 0 Å². The van der Waals surface area contributed by atoms with Crippen molar-refractivity contribution in [2.45, 2.75) is 92.3 Å². The van der Waals surface area contributed by atoms with E-state index in [4.69, 9.17) is 46.6 Å². The van der Waals surface area contributed by atoms with Gasteiger partial charge in [-0.1, -0.05) is 43.1 Å². The standard InChI is InChI=1S/C26H30O5.C18H14Cl2O7/c1-22(2)17(27)7-9-23(3)16-6-10-24(4)15(14-8-11-30-13-14)12-18-26(24,31-18)25(16,5)21(29)19(28)20(22)23;1-5-9-16(11(20)13(22)10(5)19)26-14-6(2)8(17(23)25-4)12(21)7(3)15(14)27-18(9)24/h7-9,11,13,15-16,18,28H,6,10,12H2,1-5H3;21-22H,1-4H3. The predicted octanol–water partition coefficient (Wildman–Crippen LogP) is 9.33. The molecule has 3 fully saturated rings. The molecule has 0 bridgehead atoms. The maximum Gasteiger partial charge on any atom is 0.347 e. The van der Waals surface area contributed by atoms with Crippen molar-refractivity contribution in [2.75, 3.05) is 7.11 Å². The van der Waals surface area contributed by atoms with Crippen LogP contribution >= 0.6 is 23.2 Å². The molecule has 2 aliphatic heterocycles. The van der Waals surface area contributed by atoms with Crippen LogP contribution in [0.3, 0.4) is 0 Å². The molecule has 306 valence electrons. The van der Waals surface area contributed by atoms with E-state index in [0.29, 0.717) is 5.57 Å². The lowest BCUT2D eigenvalue weighted by molar-refractivity contribution is -0.162. The molecule has 12 nitrogen and oxygen atoms in total. The fourth-order valence-electron chi connectivity index (χ4n) is 11.7. The minimum Gasteiger partial charge on any atom is -0.507 e. The Hall–Kier alpha value is -4.78. The van der Waals surface area contributed by atoms with Crippen LogP contribution in [-0.4, -0.2) is 57.6 Å². The Morgan fingerprint density at radius 2 is 1.57 bits per heavy atom. The number of halogens is 2. The summed E-state index contributed by atoms with van der Waals surface area (Å²) in [5.74, 6) is -3.05. The summed E-state index contributed by atoms with van der Waals surface area (Å²) in [4.78, 5) is 51.5. The number of carbonyl (C=O) groups excluding carboxylic acids is 4. The van der Waals surface area contributed by atoms with Crippen molar-refractivity contribution in [3.63, 3.8) is 0 Å². The summed E-state index contributed by atoms with van der Waals surface area (Å²) in [5.41, 5.74) is -1.14. The summed E-state index contributed by atoms with van der Waals surface area (Å²) in [7, 11) is 1.17. The smallest absolute Gasteiger partial charge is 0.347 e. The Morgan fingerprint density at radius 3 is 2.21 bits per heavy atom. The van der Waals surface area contributed by atoms with Gasteiger partial charge in [0.25, 0.3) is 0 Å². The van der Waals surface area contributed by atoms with Crippen molar-refractivity contribution in [3.05, 3.63) is 85.5 Å². The molecule has 4 aliphatic carbocycles. The number of ketones is 2. The van der Waals surface area contributed by atoms with Crippen LogP contribution in [0, 0.1) is 48.3 Å². The fraction of sp³-hybridized carbons (Fsp3) is 0.455. The molecule has 9 rings (SSSR count). The number of hydrogen-bond donors (Lipinski definition) is 3. The summed E-state index contributed by atoms with van der Waals surface area (Å²) in [6.07, 6.45) is 9.76. The third-order valence-corrected chi connectivity index (χ3v) is 15.4. The third kappa shape index (κ3) is 4.73. The molecule has 1 saturated heterocycles. The van der Waals surface area contributed by atoms with Crippen molar-refractivity contribution < 1.29 is 57.9 Å². The van der Waals surface area contributed by atoms with Crippen molar-refractivity contribution in [3.8, 4) is 28.7 Å². The number of phenolic OH excluding ortho intramolecular Hbond substituents is 2. The first-order valence-corrected chi connectivity index (χ1v) is 19.8. The Kier molecular flexibility index (Phi) is 8.70. The van der Waals surface area contributed by atoms with E-state index in [-0.39, 0.29) is 95.8 Å². The third-order valence-electron chi connectivity index (χ3n) is 14.6. The second-order valence-electron chi connectivity index (χ2n) is 17.5. The number of hydrogen-bond acceptors (Lipinski definition) is 12. The van der Waals surface area contributed by atoms with Gasteiger partial charge in [0.15, 0.2) is 34.5 Å². The second-order valence-corrected chi connectivity index (χ2v) is 18.2. The van der Waals surface area contributed by atoms with E-state index >= 15 is 0 Å². The zero-order valence-electron chi connectivity index (χ0n) is 33.5. The molecule has 7 unspecified atom stereocenters. The number of rotatable bonds is 2. The largest absolute Gasteiger partial charge is 0.507 e. The first-order chi connectivity index (χ1) is 27.1. The topological polar surface area (TPSA) is 182 Å². The molecule has 1 aromatic heterocycles.